The van der Waals surface area contributed by atoms with Gasteiger partial charge in [-0.05, 0) is 0 Å². The molecule has 0 saturated heterocycles. The maximum atomic E-state index is 10.8. The minimum absolute atomic E-state index is 0.105. The van der Waals surface area contributed by atoms with Crippen LogP contribution in [0.1, 0.15) is 18.7 Å². The van der Waals surface area contributed by atoms with E-state index >= 15 is 0 Å². The van der Waals surface area contributed by atoms with Crippen LogP contribution < -0.4 is 0 Å². The summed E-state index contributed by atoms with van der Waals surface area (Å²) in [5.74, 6) is 0.609. The van der Waals surface area contributed by atoms with E-state index in [4.69, 9.17) is 5.26 Å². The topological polar surface area (TPSA) is 82.4 Å². The quantitative estimate of drug-likeness (QED) is 0.626. The van der Waals surface area contributed by atoms with Crippen LogP contribution in [0, 0.1) is 11.3 Å². The maximum Gasteiger partial charge on any atom is 0.145 e. The molecule has 0 aromatic carbocycles. The highest BCUT2D eigenvalue weighted by atomic mass is 16.1. The Balaban J connectivity index is 2.34. The number of aromatic nitrogens is 3. The second-order valence-electron chi connectivity index (χ2n) is 2.92. The van der Waals surface area contributed by atoms with Gasteiger partial charge in [-0.3, -0.25) is 9.89 Å². The number of Topliss-reactive ketones (excluding diaryl/α,β-unsaturated/α-hetero) is 1. The summed E-state index contributed by atoms with van der Waals surface area (Å²) in [6, 6.07) is 2.09. The molecular formula is C7H6N4O. The Labute approximate surface area is 68.4 Å². The molecule has 1 N–H and O–H groups in total. The lowest BCUT2D eigenvalue weighted by Crippen LogP contribution is -2.41. The zero-order valence-corrected chi connectivity index (χ0v) is 6.24. The molecular weight excluding hydrogens is 156 g/mol. The van der Waals surface area contributed by atoms with Gasteiger partial charge in [0.25, 0.3) is 0 Å². The highest BCUT2D eigenvalue weighted by Gasteiger charge is 2.47. The van der Waals surface area contributed by atoms with Gasteiger partial charge in [0.1, 0.15) is 23.3 Å². The van der Waals surface area contributed by atoms with E-state index < -0.39 is 5.41 Å². The van der Waals surface area contributed by atoms with E-state index in [1.54, 1.807) is 0 Å². The van der Waals surface area contributed by atoms with Crippen molar-refractivity contribution in [3.8, 4) is 6.07 Å². The summed E-state index contributed by atoms with van der Waals surface area (Å²) in [5.41, 5.74) is -0.715. The van der Waals surface area contributed by atoms with E-state index in [9.17, 15) is 4.79 Å². The van der Waals surface area contributed by atoms with Crippen molar-refractivity contribution in [1.82, 2.24) is 15.2 Å². The molecule has 60 valence electrons. The largest absolute Gasteiger partial charge is 0.300 e. The van der Waals surface area contributed by atoms with E-state index in [1.807, 2.05) is 0 Å². The van der Waals surface area contributed by atoms with Crippen LogP contribution in [0.25, 0.3) is 0 Å². The Morgan fingerprint density at radius 1 is 1.67 bits per heavy atom. The molecule has 2 rings (SSSR count). The number of nitriles is 1. The smallest absolute Gasteiger partial charge is 0.145 e. The Morgan fingerprint density at radius 2 is 2.42 bits per heavy atom. The van der Waals surface area contributed by atoms with Crippen LogP contribution in [0.4, 0.5) is 0 Å². The van der Waals surface area contributed by atoms with Crippen LogP contribution >= 0.6 is 0 Å². The van der Waals surface area contributed by atoms with Gasteiger partial charge in [0, 0.05) is 12.8 Å². The van der Waals surface area contributed by atoms with Crippen molar-refractivity contribution >= 4 is 5.78 Å². The SMILES string of the molecule is N#CC1(c2ncn[nH]2)CC(=O)C1. The third-order valence-corrected chi connectivity index (χ3v) is 2.08. The van der Waals surface area contributed by atoms with Gasteiger partial charge in [-0.2, -0.15) is 10.4 Å². The van der Waals surface area contributed by atoms with E-state index in [-0.39, 0.29) is 18.6 Å². The van der Waals surface area contributed by atoms with Gasteiger partial charge in [-0.15, -0.1) is 0 Å². The van der Waals surface area contributed by atoms with E-state index in [0.29, 0.717) is 5.82 Å². The summed E-state index contributed by atoms with van der Waals surface area (Å²) in [6.45, 7) is 0. The van der Waals surface area contributed by atoms with E-state index in [2.05, 4.69) is 21.3 Å². The fraction of sp³-hybridized carbons (Fsp3) is 0.429. The average Bonchev–Trinajstić information content (AvgIpc) is 2.50. The molecule has 0 radical (unpaired) electrons. The first-order valence-electron chi connectivity index (χ1n) is 3.56. The van der Waals surface area contributed by atoms with Gasteiger partial charge < -0.3 is 0 Å². The molecule has 5 heteroatoms. The molecule has 1 aliphatic carbocycles. The lowest BCUT2D eigenvalue weighted by molar-refractivity contribution is -0.126. The van der Waals surface area contributed by atoms with Crippen molar-refractivity contribution in [2.75, 3.05) is 0 Å². The summed E-state index contributed by atoms with van der Waals surface area (Å²) in [6.07, 6.45) is 1.87. The first-order valence-corrected chi connectivity index (χ1v) is 3.56. The second kappa shape index (κ2) is 2.14. The highest BCUT2D eigenvalue weighted by molar-refractivity contribution is 5.89. The molecule has 1 heterocycles. The molecule has 1 saturated carbocycles. The molecule has 1 fully saturated rings. The normalized spacial score (nSPS) is 19.8. The number of H-pyrrole nitrogens is 1. The standard InChI is InChI=1S/C7H6N4O/c8-3-7(1-5(12)2-7)6-9-4-10-11-6/h4H,1-2H2,(H,9,10,11). The number of hydrogen-bond acceptors (Lipinski definition) is 4. The van der Waals surface area contributed by atoms with Crippen LogP contribution in [0.2, 0.25) is 0 Å². The number of aromatic amines is 1. The second-order valence-corrected chi connectivity index (χ2v) is 2.92. The van der Waals surface area contributed by atoms with Crippen molar-refractivity contribution < 1.29 is 4.79 Å². The Kier molecular flexibility index (Phi) is 1.24. The molecule has 0 atom stereocenters. The van der Waals surface area contributed by atoms with Gasteiger partial charge in [0.15, 0.2) is 0 Å². The monoisotopic (exact) mass is 162 g/mol. The first-order chi connectivity index (χ1) is 5.77. The Morgan fingerprint density at radius 3 is 2.83 bits per heavy atom. The molecule has 0 amide bonds. The molecule has 1 aromatic rings. The van der Waals surface area contributed by atoms with Crippen LogP contribution in [-0.4, -0.2) is 21.0 Å². The van der Waals surface area contributed by atoms with Crippen LogP contribution in [0.5, 0.6) is 0 Å². The van der Waals surface area contributed by atoms with Gasteiger partial charge in [-0.1, -0.05) is 0 Å². The summed E-state index contributed by atoms with van der Waals surface area (Å²) in [4.78, 5) is 14.6. The summed E-state index contributed by atoms with van der Waals surface area (Å²) in [5, 5.41) is 15.1. The first kappa shape index (κ1) is 6.98. The van der Waals surface area contributed by atoms with Crippen molar-refractivity contribution in [2.45, 2.75) is 18.3 Å². The van der Waals surface area contributed by atoms with Crippen LogP contribution in [0.15, 0.2) is 6.33 Å². The maximum absolute atomic E-state index is 10.8. The molecule has 5 nitrogen and oxygen atoms in total. The number of rotatable bonds is 1. The highest BCUT2D eigenvalue weighted by Crippen LogP contribution is 2.38. The molecule has 12 heavy (non-hydrogen) atoms. The van der Waals surface area contributed by atoms with Crippen molar-refractivity contribution in [3.63, 3.8) is 0 Å². The lowest BCUT2D eigenvalue weighted by Gasteiger charge is -2.30. The molecule has 0 aliphatic heterocycles. The summed E-state index contributed by atoms with van der Waals surface area (Å²) < 4.78 is 0. The predicted molar refractivity (Wildman–Crippen MR) is 37.9 cm³/mol. The van der Waals surface area contributed by atoms with E-state index in [0.717, 1.165) is 0 Å². The fourth-order valence-electron chi connectivity index (χ4n) is 1.36. The van der Waals surface area contributed by atoms with Crippen molar-refractivity contribution in [1.29, 1.82) is 5.26 Å². The number of nitrogens with one attached hydrogen (secondary N) is 1. The van der Waals surface area contributed by atoms with Crippen molar-refractivity contribution in [2.24, 2.45) is 0 Å². The lowest BCUT2D eigenvalue weighted by atomic mass is 9.68. The molecule has 0 unspecified atom stereocenters. The minimum atomic E-state index is -0.715. The number of carbonyl (C=O) groups excluding carboxylic acids is 1. The average molecular weight is 162 g/mol. The molecule has 1 aromatic heterocycles. The number of ketones is 1. The zero-order valence-electron chi connectivity index (χ0n) is 6.24. The zero-order chi connectivity index (χ0) is 8.60. The number of carbonyl (C=O) groups is 1. The van der Waals surface area contributed by atoms with Gasteiger partial charge in [0.05, 0.1) is 6.07 Å². The minimum Gasteiger partial charge on any atom is -0.300 e. The Hall–Kier alpha value is -1.70. The predicted octanol–water partition coefficient (Wildman–Crippen LogP) is -0.0710. The third-order valence-electron chi connectivity index (χ3n) is 2.08. The van der Waals surface area contributed by atoms with E-state index in [1.165, 1.54) is 6.33 Å². The van der Waals surface area contributed by atoms with Gasteiger partial charge >= 0.3 is 0 Å². The summed E-state index contributed by atoms with van der Waals surface area (Å²) in [7, 11) is 0. The number of hydrogen-bond donors (Lipinski definition) is 1. The third kappa shape index (κ3) is 0.749. The molecule has 0 spiro atoms. The van der Waals surface area contributed by atoms with Crippen molar-refractivity contribution in [3.05, 3.63) is 12.2 Å². The summed E-state index contributed by atoms with van der Waals surface area (Å²) >= 11 is 0. The van der Waals surface area contributed by atoms with Gasteiger partial charge in [-0.25, -0.2) is 4.98 Å². The Bertz CT molecular complexity index is 340. The van der Waals surface area contributed by atoms with Crippen LogP contribution in [0.3, 0.4) is 0 Å². The molecule has 0 bridgehead atoms. The van der Waals surface area contributed by atoms with Gasteiger partial charge in [0.2, 0.25) is 0 Å². The van der Waals surface area contributed by atoms with Crippen LogP contribution in [-0.2, 0) is 10.2 Å². The molecule has 1 aliphatic rings. The number of nitrogens with zero attached hydrogens (tertiary/aromatic N) is 3. The fourth-order valence-corrected chi connectivity index (χ4v) is 1.36.